The summed E-state index contributed by atoms with van der Waals surface area (Å²) >= 11 is 0. The van der Waals surface area contributed by atoms with Crippen LogP contribution in [0.25, 0.3) is 0 Å². The summed E-state index contributed by atoms with van der Waals surface area (Å²) in [6.45, 7) is 1.05. The number of nitrogens with zero attached hydrogens (tertiary/aromatic N) is 1. The second-order valence-corrected chi connectivity index (χ2v) is 11.1. The maximum atomic E-state index is 13.8. The molecule has 4 N–H and O–H groups in total. The first-order valence-corrected chi connectivity index (χ1v) is 14.9. The van der Waals surface area contributed by atoms with Crippen LogP contribution in [0.5, 0.6) is 23.0 Å². The number of aliphatic hydroxyl groups is 3. The first-order chi connectivity index (χ1) is 21.7. The number of aliphatic hydroxyl groups excluding tert-OH is 3. The highest BCUT2D eigenvalue weighted by atomic mass is 16.5. The van der Waals surface area contributed by atoms with E-state index in [1.165, 1.54) is 18.9 Å². The third-order valence-corrected chi connectivity index (χ3v) is 8.20. The largest absolute Gasteiger partial charge is 0.497 e. The number of fused-ring (bicyclic) bond motifs is 3. The summed E-state index contributed by atoms with van der Waals surface area (Å²) in [5.41, 5.74) is 2.13. The molecule has 0 fully saturated rings. The summed E-state index contributed by atoms with van der Waals surface area (Å²) < 4.78 is 22.7. The molecular formula is C33H42N2O10. The van der Waals surface area contributed by atoms with E-state index in [4.69, 9.17) is 18.9 Å². The molecule has 4 atom stereocenters. The summed E-state index contributed by atoms with van der Waals surface area (Å²) in [6, 6.07) is 7.72. The molecule has 2 aromatic carbocycles. The van der Waals surface area contributed by atoms with E-state index < -0.39 is 30.1 Å². The van der Waals surface area contributed by atoms with E-state index in [2.05, 4.69) is 5.32 Å². The number of ketones is 1. The van der Waals surface area contributed by atoms with Crippen molar-refractivity contribution < 1.29 is 48.7 Å². The van der Waals surface area contributed by atoms with Crippen LogP contribution in [-0.4, -0.2) is 97.1 Å². The van der Waals surface area contributed by atoms with Crippen LogP contribution in [0.15, 0.2) is 42.0 Å². The maximum absolute atomic E-state index is 13.8. The van der Waals surface area contributed by atoms with Gasteiger partial charge in [-0.1, -0.05) is 0 Å². The van der Waals surface area contributed by atoms with Gasteiger partial charge in [0, 0.05) is 37.1 Å². The van der Waals surface area contributed by atoms with E-state index in [1.54, 1.807) is 44.6 Å². The number of carbonyl (C=O) groups excluding carboxylic acids is 3. The number of benzene rings is 2. The first-order valence-electron chi connectivity index (χ1n) is 14.9. The Morgan fingerprint density at radius 1 is 1.00 bits per heavy atom. The highest BCUT2D eigenvalue weighted by Gasteiger charge is 2.51. The molecule has 45 heavy (non-hydrogen) atoms. The van der Waals surface area contributed by atoms with Crippen molar-refractivity contribution in [2.45, 2.75) is 63.4 Å². The number of hydrogen-bond donors (Lipinski definition) is 4. The molecule has 2 aromatic rings. The fourth-order valence-corrected chi connectivity index (χ4v) is 6.01. The maximum Gasteiger partial charge on any atom is 0.247 e. The van der Waals surface area contributed by atoms with Gasteiger partial charge in [0.2, 0.25) is 11.8 Å². The van der Waals surface area contributed by atoms with Gasteiger partial charge in [-0.3, -0.25) is 9.59 Å². The lowest BCUT2D eigenvalue weighted by Gasteiger charge is -2.41. The van der Waals surface area contributed by atoms with Gasteiger partial charge in [0.25, 0.3) is 0 Å². The summed E-state index contributed by atoms with van der Waals surface area (Å²) in [5, 5.41) is 33.8. The number of amides is 2. The van der Waals surface area contributed by atoms with Crippen LogP contribution in [-0.2, 0) is 27.4 Å². The van der Waals surface area contributed by atoms with Crippen molar-refractivity contribution in [3.05, 3.63) is 58.7 Å². The van der Waals surface area contributed by atoms with Crippen LogP contribution in [0.4, 0.5) is 0 Å². The normalized spacial score (nSPS) is 19.8. The topological polar surface area (TPSA) is 164 Å². The predicted octanol–water partition coefficient (Wildman–Crippen LogP) is 1.66. The number of nitrogens with one attached hydrogen (secondary N) is 1. The Bertz CT molecular complexity index is 1420. The Kier molecular flexibility index (Phi) is 11.4. The van der Waals surface area contributed by atoms with Gasteiger partial charge < -0.3 is 49.3 Å². The summed E-state index contributed by atoms with van der Waals surface area (Å²) in [5.74, 6) is 0.331. The van der Waals surface area contributed by atoms with Gasteiger partial charge in [0.1, 0.15) is 29.5 Å². The zero-order chi connectivity index (χ0) is 32.7. The van der Waals surface area contributed by atoms with Crippen molar-refractivity contribution in [3.63, 3.8) is 0 Å². The van der Waals surface area contributed by atoms with Crippen molar-refractivity contribution >= 4 is 17.6 Å². The van der Waals surface area contributed by atoms with Gasteiger partial charge in [-0.25, -0.2) is 0 Å². The monoisotopic (exact) mass is 626 g/mol. The summed E-state index contributed by atoms with van der Waals surface area (Å²) in [4.78, 5) is 40.5. The van der Waals surface area contributed by atoms with Gasteiger partial charge >= 0.3 is 0 Å². The molecule has 0 radical (unpaired) electrons. The molecule has 0 saturated carbocycles. The molecule has 0 aromatic heterocycles. The molecule has 12 heteroatoms. The molecule has 0 bridgehead atoms. The van der Waals surface area contributed by atoms with Crippen molar-refractivity contribution in [2.24, 2.45) is 0 Å². The molecule has 0 saturated heterocycles. The number of Topliss-reactive ketones (excluding diaryl/α,β-unsaturated/α-hetero) is 1. The van der Waals surface area contributed by atoms with Gasteiger partial charge in [-0.05, 0) is 67.3 Å². The Hall–Kier alpha value is -4.13. The van der Waals surface area contributed by atoms with Crippen LogP contribution in [0.3, 0.4) is 0 Å². The van der Waals surface area contributed by atoms with Crippen LogP contribution in [0.2, 0.25) is 0 Å². The van der Waals surface area contributed by atoms with Gasteiger partial charge in [-0.2, -0.15) is 0 Å². The zero-order valence-electron chi connectivity index (χ0n) is 26.1. The molecule has 4 rings (SSSR count). The zero-order valence-corrected chi connectivity index (χ0v) is 26.1. The molecule has 0 unspecified atom stereocenters. The SMILES string of the molecule is COc1ccc(OC)c(CCN(C(=O)CCCC(C)=O)[C@@H]2C=C(C(=O)NCCO)[C@@H]3c4cc(CO)cc(OC)c4O[C@@H]3[C@H]2O)c1. The van der Waals surface area contributed by atoms with E-state index >= 15 is 0 Å². The van der Waals surface area contributed by atoms with E-state index in [0.29, 0.717) is 47.0 Å². The number of hydrogen-bond acceptors (Lipinski definition) is 10. The van der Waals surface area contributed by atoms with Crippen LogP contribution < -0.4 is 24.3 Å². The van der Waals surface area contributed by atoms with Gasteiger partial charge in [-0.15, -0.1) is 0 Å². The van der Waals surface area contributed by atoms with Gasteiger partial charge in [0.15, 0.2) is 11.5 Å². The minimum absolute atomic E-state index is 0.00216. The van der Waals surface area contributed by atoms with Crippen molar-refractivity contribution in [2.75, 3.05) is 41.0 Å². The molecule has 2 amide bonds. The van der Waals surface area contributed by atoms with E-state index in [0.717, 1.165) is 5.56 Å². The molecular weight excluding hydrogens is 584 g/mol. The molecule has 1 aliphatic heterocycles. The predicted molar refractivity (Wildman–Crippen MR) is 164 cm³/mol. The van der Waals surface area contributed by atoms with Crippen LogP contribution in [0, 0.1) is 0 Å². The lowest BCUT2D eigenvalue weighted by Crippen LogP contribution is -2.56. The third-order valence-electron chi connectivity index (χ3n) is 8.20. The Morgan fingerprint density at radius 3 is 2.40 bits per heavy atom. The van der Waals surface area contributed by atoms with E-state index in [-0.39, 0.29) is 56.4 Å². The Labute approximate surface area is 262 Å². The lowest BCUT2D eigenvalue weighted by atomic mass is 9.77. The van der Waals surface area contributed by atoms with Gasteiger partial charge in [0.05, 0.1) is 46.5 Å². The lowest BCUT2D eigenvalue weighted by molar-refractivity contribution is -0.137. The second-order valence-electron chi connectivity index (χ2n) is 11.1. The highest BCUT2D eigenvalue weighted by molar-refractivity contribution is 5.96. The number of methoxy groups -OCH3 is 3. The van der Waals surface area contributed by atoms with E-state index in [1.807, 2.05) is 6.07 Å². The summed E-state index contributed by atoms with van der Waals surface area (Å²) in [6.07, 6.45) is 0.317. The Balaban J connectivity index is 1.77. The molecule has 0 spiro atoms. The average Bonchev–Trinajstić information content (AvgIpc) is 3.43. The molecule has 244 valence electrons. The number of carbonyl (C=O) groups is 3. The molecule has 1 aliphatic carbocycles. The van der Waals surface area contributed by atoms with E-state index in [9.17, 15) is 29.7 Å². The third kappa shape index (κ3) is 7.41. The molecule has 12 nitrogen and oxygen atoms in total. The number of ether oxygens (including phenoxy) is 4. The van der Waals surface area contributed by atoms with Crippen molar-refractivity contribution in [1.82, 2.24) is 10.2 Å². The Morgan fingerprint density at radius 2 is 1.76 bits per heavy atom. The fourth-order valence-electron chi connectivity index (χ4n) is 6.01. The minimum atomic E-state index is -1.26. The average molecular weight is 627 g/mol. The summed E-state index contributed by atoms with van der Waals surface area (Å²) in [7, 11) is 4.56. The van der Waals surface area contributed by atoms with Crippen molar-refractivity contribution in [1.29, 1.82) is 0 Å². The molecule has 1 heterocycles. The first kappa shape index (κ1) is 33.8. The smallest absolute Gasteiger partial charge is 0.247 e. The highest BCUT2D eigenvalue weighted by Crippen LogP contribution is 2.51. The quantitative estimate of drug-likeness (QED) is 0.229. The van der Waals surface area contributed by atoms with Crippen LogP contribution in [0.1, 0.15) is 48.8 Å². The number of rotatable bonds is 15. The second kappa shape index (κ2) is 15.2. The molecule has 2 aliphatic rings. The minimum Gasteiger partial charge on any atom is -0.497 e. The van der Waals surface area contributed by atoms with Crippen molar-refractivity contribution in [3.8, 4) is 23.0 Å². The fraction of sp³-hybridized carbons (Fsp3) is 0.485. The standard InChI is InChI=1S/C33H42N2O10/c1-19(38)6-5-7-28(39)35(12-10-21-16-22(42-2)8-9-26(21)43-3)25-17-24(33(41)34-11-13-36)29-23-14-20(18-37)15-27(44-4)31(23)45-32(29)30(25)40/h8-9,14-17,25,29-30,32,36-37,40H,5-7,10-13,18H2,1-4H3,(H,34,41)/t25-,29+,30+,32+/m1/s1. The van der Waals surface area contributed by atoms with Crippen LogP contribution >= 0.6 is 0 Å².